The van der Waals surface area contributed by atoms with E-state index in [9.17, 15) is 0 Å². The van der Waals surface area contributed by atoms with Gasteiger partial charge in [-0.1, -0.05) is 164 Å². The predicted octanol–water partition coefficient (Wildman–Crippen LogP) is 11.7. The quantitative estimate of drug-likeness (QED) is 0.182. The van der Waals surface area contributed by atoms with Gasteiger partial charge in [-0.05, 0) is 66.7 Å². The van der Waals surface area contributed by atoms with Crippen LogP contribution in [0.3, 0.4) is 0 Å². The molecule has 0 amide bonds. The summed E-state index contributed by atoms with van der Waals surface area (Å²) < 4.78 is 0. The summed E-state index contributed by atoms with van der Waals surface area (Å²) in [5.74, 6) is 1.95. The molecule has 0 saturated heterocycles. The highest BCUT2D eigenvalue weighted by Crippen LogP contribution is 2.40. The zero-order valence-corrected chi connectivity index (χ0v) is 26.1. The molecule has 9 aromatic rings. The molecule has 48 heavy (non-hydrogen) atoms. The van der Waals surface area contributed by atoms with Crippen LogP contribution in [0.4, 0.5) is 0 Å². The lowest BCUT2D eigenvalue weighted by Crippen LogP contribution is -2.01. The van der Waals surface area contributed by atoms with Gasteiger partial charge in [-0.2, -0.15) is 0 Å². The van der Waals surface area contributed by atoms with E-state index in [2.05, 4.69) is 115 Å². The molecule has 8 aromatic carbocycles. The van der Waals surface area contributed by atoms with Crippen LogP contribution in [0.5, 0.6) is 0 Å². The van der Waals surface area contributed by atoms with E-state index in [0.29, 0.717) is 17.5 Å². The van der Waals surface area contributed by atoms with Crippen molar-refractivity contribution >= 4 is 32.3 Å². The van der Waals surface area contributed by atoms with Gasteiger partial charge in [0, 0.05) is 16.7 Å². The van der Waals surface area contributed by atoms with Crippen molar-refractivity contribution in [3.05, 3.63) is 176 Å². The van der Waals surface area contributed by atoms with E-state index in [4.69, 9.17) is 15.0 Å². The molecular formula is C45H29N3. The highest BCUT2D eigenvalue weighted by atomic mass is 15.0. The lowest BCUT2D eigenvalue weighted by Gasteiger charge is -2.15. The Balaban J connectivity index is 1.23. The Hall–Kier alpha value is -6.45. The first-order valence-electron chi connectivity index (χ1n) is 16.2. The van der Waals surface area contributed by atoms with Gasteiger partial charge in [-0.15, -0.1) is 0 Å². The third-order valence-electron chi connectivity index (χ3n) is 9.12. The van der Waals surface area contributed by atoms with Gasteiger partial charge in [0.2, 0.25) is 0 Å². The SMILES string of the molecule is c1ccc(-c2nc(-c3ccccc3)nc(-c3ccccc3-c3cccc(-c4cc5c6ccccc6ccc5c5ccccc45)c3)n2)cc1. The molecule has 1 aromatic heterocycles. The normalized spacial score (nSPS) is 11.3. The Morgan fingerprint density at radius 1 is 0.250 bits per heavy atom. The van der Waals surface area contributed by atoms with E-state index in [1.807, 2.05) is 60.7 Å². The average molecular weight is 612 g/mol. The van der Waals surface area contributed by atoms with Crippen molar-refractivity contribution in [2.24, 2.45) is 0 Å². The van der Waals surface area contributed by atoms with Crippen molar-refractivity contribution in [1.29, 1.82) is 0 Å². The number of benzene rings is 8. The van der Waals surface area contributed by atoms with Gasteiger partial charge in [0.25, 0.3) is 0 Å². The van der Waals surface area contributed by atoms with Crippen LogP contribution in [0, 0.1) is 0 Å². The number of hydrogen-bond acceptors (Lipinski definition) is 3. The van der Waals surface area contributed by atoms with Gasteiger partial charge >= 0.3 is 0 Å². The standard InChI is InChI=1S/C45H29N3/c1-3-15-31(16-4-1)43-46-44(32-17-5-2-6-18-32)48-45(47-43)40-25-12-9-22-36(40)33-19-13-20-34(28-33)41-29-42-35-21-8-7-14-30(35)26-27-39(42)37-23-10-11-24-38(37)41/h1-29H. The molecule has 0 fully saturated rings. The van der Waals surface area contributed by atoms with Crippen LogP contribution in [0.25, 0.3) is 88.7 Å². The maximum atomic E-state index is 5.05. The van der Waals surface area contributed by atoms with E-state index in [0.717, 1.165) is 27.8 Å². The van der Waals surface area contributed by atoms with Gasteiger partial charge in [0.1, 0.15) is 0 Å². The topological polar surface area (TPSA) is 38.7 Å². The van der Waals surface area contributed by atoms with Gasteiger partial charge < -0.3 is 0 Å². The lowest BCUT2D eigenvalue weighted by molar-refractivity contribution is 1.07. The Kier molecular flexibility index (Phi) is 6.80. The first-order valence-corrected chi connectivity index (χ1v) is 16.2. The van der Waals surface area contributed by atoms with Gasteiger partial charge in [-0.25, -0.2) is 15.0 Å². The highest BCUT2D eigenvalue weighted by molar-refractivity contribution is 6.21. The second-order valence-electron chi connectivity index (χ2n) is 12.0. The van der Waals surface area contributed by atoms with E-state index >= 15 is 0 Å². The first kappa shape index (κ1) is 27.8. The molecule has 1 heterocycles. The third kappa shape index (κ3) is 4.90. The van der Waals surface area contributed by atoms with Crippen molar-refractivity contribution in [2.75, 3.05) is 0 Å². The van der Waals surface area contributed by atoms with Crippen LogP contribution < -0.4 is 0 Å². The van der Waals surface area contributed by atoms with Gasteiger partial charge in [-0.3, -0.25) is 0 Å². The second kappa shape index (κ2) is 11.7. The molecule has 0 aliphatic rings. The fourth-order valence-electron chi connectivity index (χ4n) is 6.81. The monoisotopic (exact) mass is 611 g/mol. The number of aromatic nitrogens is 3. The molecule has 0 N–H and O–H groups in total. The molecule has 0 atom stereocenters. The van der Waals surface area contributed by atoms with Crippen molar-refractivity contribution in [1.82, 2.24) is 15.0 Å². The Morgan fingerprint density at radius 3 is 1.46 bits per heavy atom. The minimum Gasteiger partial charge on any atom is -0.208 e. The van der Waals surface area contributed by atoms with E-state index in [1.54, 1.807) is 0 Å². The van der Waals surface area contributed by atoms with Crippen LogP contribution in [-0.2, 0) is 0 Å². The molecule has 0 radical (unpaired) electrons. The Bertz CT molecular complexity index is 2550. The van der Waals surface area contributed by atoms with Crippen molar-refractivity contribution < 1.29 is 0 Å². The first-order chi connectivity index (χ1) is 23.8. The molecule has 224 valence electrons. The molecule has 0 aliphatic carbocycles. The number of hydrogen-bond donors (Lipinski definition) is 0. The molecule has 0 unspecified atom stereocenters. The summed E-state index contributed by atoms with van der Waals surface area (Å²) in [6.45, 7) is 0. The maximum Gasteiger partial charge on any atom is 0.164 e. The number of nitrogens with zero attached hydrogens (tertiary/aromatic N) is 3. The maximum absolute atomic E-state index is 5.05. The van der Waals surface area contributed by atoms with E-state index < -0.39 is 0 Å². The Labute approximate surface area is 278 Å². The zero-order valence-electron chi connectivity index (χ0n) is 26.1. The van der Waals surface area contributed by atoms with Crippen LogP contribution in [-0.4, -0.2) is 15.0 Å². The molecule has 9 rings (SSSR count). The predicted molar refractivity (Wildman–Crippen MR) is 200 cm³/mol. The summed E-state index contributed by atoms with van der Waals surface area (Å²) >= 11 is 0. The molecule has 3 nitrogen and oxygen atoms in total. The minimum absolute atomic E-state index is 0.645. The van der Waals surface area contributed by atoms with Gasteiger partial charge in [0.05, 0.1) is 0 Å². The minimum atomic E-state index is 0.645. The van der Waals surface area contributed by atoms with Crippen LogP contribution in [0.1, 0.15) is 0 Å². The fourth-order valence-corrected chi connectivity index (χ4v) is 6.81. The number of rotatable bonds is 5. The molecule has 3 heteroatoms. The average Bonchev–Trinajstić information content (AvgIpc) is 3.18. The largest absolute Gasteiger partial charge is 0.208 e. The molecular weight excluding hydrogens is 583 g/mol. The summed E-state index contributed by atoms with van der Waals surface area (Å²) in [5, 5.41) is 7.54. The molecule has 0 aliphatic heterocycles. The Morgan fingerprint density at radius 2 is 0.750 bits per heavy atom. The summed E-state index contributed by atoms with van der Waals surface area (Å²) in [4.78, 5) is 15.0. The van der Waals surface area contributed by atoms with Crippen LogP contribution >= 0.6 is 0 Å². The summed E-state index contributed by atoms with van der Waals surface area (Å²) in [6.07, 6.45) is 0. The third-order valence-corrected chi connectivity index (χ3v) is 9.12. The van der Waals surface area contributed by atoms with Crippen LogP contribution in [0.2, 0.25) is 0 Å². The molecule has 0 bridgehead atoms. The van der Waals surface area contributed by atoms with Crippen LogP contribution in [0.15, 0.2) is 176 Å². The smallest absolute Gasteiger partial charge is 0.164 e. The van der Waals surface area contributed by atoms with Crippen molar-refractivity contribution in [3.63, 3.8) is 0 Å². The van der Waals surface area contributed by atoms with Gasteiger partial charge in [0.15, 0.2) is 17.5 Å². The van der Waals surface area contributed by atoms with E-state index in [-0.39, 0.29) is 0 Å². The zero-order chi connectivity index (χ0) is 31.9. The summed E-state index contributed by atoms with van der Waals surface area (Å²) in [7, 11) is 0. The molecule has 0 saturated carbocycles. The van der Waals surface area contributed by atoms with E-state index in [1.165, 1.54) is 43.4 Å². The highest BCUT2D eigenvalue weighted by Gasteiger charge is 2.17. The molecule has 0 spiro atoms. The van der Waals surface area contributed by atoms with Crippen molar-refractivity contribution in [2.45, 2.75) is 0 Å². The summed E-state index contributed by atoms with van der Waals surface area (Å²) in [6, 6.07) is 61.8. The fraction of sp³-hybridized carbons (Fsp3) is 0. The summed E-state index contributed by atoms with van der Waals surface area (Å²) in [5.41, 5.74) is 7.42. The number of fused-ring (bicyclic) bond motifs is 5. The second-order valence-corrected chi connectivity index (χ2v) is 12.0. The van der Waals surface area contributed by atoms with Crippen molar-refractivity contribution in [3.8, 4) is 56.4 Å². The lowest BCUT2D eigenvalue weighted by atomic mass is 9.89.